The summed E-state index contributed by atoms with van der Waals surface area (Å²) in [7, 11) is 0. The number of ether oxygens (including phenoxy) is 1. The summed E-state index contributed by atoms with van der Waals surface area (Å²) >= 11 is 0. The van der Waals surface area contributed by atoms with Gasteiger partial charge in [0.05, 0.1) is 6.61 Å². The van der Waals surface area contributed by atoms with Crippen LogP contribution in [-0.4, -0.2) is 26.2 Å². The Hall–Kier alpha value is -1.06. The Bertz CT molecular complexity index is 359. The molecule has 3 rings (SSSR count). The quantitative estimate of drug-likeness (QED) is 0.711. The van der Waals surface area contributed by atoms with Crippen LogP contribution in [0.5, 0.6) is 5.75 Å². The maximum Gasteiger partial charge on any atom is 0.122 e. The van der Waals surface area contributed by atoms with Crippen molar-refractivity contribution in [3.63, 3.8) is 0 Å². The summed E-state index contributed by atoms with van der Waals surface area (Å²) in [6.07, 6.45) is 1.06. The molecule has 3 nitrogen and oxygen atoms in total. The molecule has 15 heavy (non-hydrogen) atoms. The average Bonchev–Trinajstić information content (AvgIpc) is 2.77. The van der Waals surface area contributed by atoms with Gasteiger partial charge >= 0.3 is 0 Å². The summed E-state index contributed by atoms with van der Waals surface area (Å²) in [5.41, 5.74) is 2.74. The second-order valence-electron chi connectivity index (χ2n) is 4.18. The van der Waals surface area contributed by atoms with Gasteiger partial charge in [-0.15, -0.1) is 0 Å². The fraction of sp³-hybridized carbons (Fsp3) is 0.500. The van der Waals surface area contributed by atoms with Crippen LogP contribution >= 0.6 is 0 Å². The molecule has 0 saturated carbocycles. The molecular formula is C12H16N2O. The normalized spacial score (nSPS) is 24.7. The van der Waals surface area contributed by atoms with Crippen LogP contribution < -0.4 is 15.4 Å². The van der Waals surface area contributed by atoms with E-state index in [9.17, 15) is 0 Å². The summed E-state index contributed by atoms with van der Waals surface area (Å²) in [6, 6.07) is 7.03. The molecule has 0 unspecified atom stereocenters. The van der Waals surface area contributed by atoms with Crippen LogP contribution in [0.4, 0.5) is 0 Å². The summed E-state index contributed by atoms with van der Waals surface area (Å²) in [5, 5.41) is 6.93. The molecule has 2 aliphatic heterocycles. The Balaban J connectivity index is 1.85. The first-order valence-corrected chi connectivity index (χ1v) is 5.63. The second kappa shape index (κ2) is 3.83. The third kappa shape index (κ3) is 1.73. The molecule has 2 N–H and O–H groups in total. The number of piperazine rings is 1. The molecule has 1 atom stereocenters. The van der Waals surface area contributed by atoms with E-state index >= 15 is 0 Å². The van der Waals surface area contributed by atoms with Gasteiger partial charge in [-0.25, -0.2) is 0 Å². The maximum absolute atomic E-state index is 5.50. The molecule has 0 bridgehead atoms. The largest absolute Gasteiger partial charge is 0.493 e. The van der Waals surface area contributed by atoms with Crippen molar-refractivity contribution >= 4 is 0 Å². The molecule has 80 valence electrons. The van der Waals surface area contributed by atoms with Crippen LogP contribution in [0.2, 0.25) is 0 Å². The molecule has 0 spiro atoms. The van der Waals surface area contributed by atoms with Gasteiger partial charge in [-0.05, 0) is 17.2 Å². The lowest BCUT2D eigenvalue weighted by Crippen LogP contribution is -2.42. The van der Waals surface area contributed by atoms with Gasteiger partial charge < -0.3 is 15.4 Å². The zero-order valence-corrected chi connectivity index (χ0v) is 8.75. The second-order valence-corrected chi connectivity index (χ2v) is 4.18. The highest BCUT2D eigenvalue weighted by atomic mass is 16.5. The number of rotatable bonds is 1. The van der Waals surface area contributed by atoms with Crippen molar-refractivity contribution in [3.8, 4) is 5.75 Å². The molecule has 0 aromatic heterocycles. The molecule has 0 amide bonds. The fourth-order valence-electron chi connectivity index (χ4n) is 2.31. The molecule has 0 radical (unpaired) electrons. The van der Waals surface area contributed by atoms with Gasteiger partial charge in [-0.1, -0.05) is 12.1 Å². The highest BCUT2D eigenvalue weighted by Gasteiger charge is 2.18. The van der Waals surface area contributed by atoms with Crippen LogP contribution in [0.3, 0.4) is 0 Å². The zero-order valence-electron chi connectivity index (χ0n) is 8.75. The van der Waals surface area contributed by atoms with E-state index in [1.54, 1.807) is 0 Å². The SMILES string of the molecule is c1cc2c(cc1[C@@H]1CNCCN1)CCO2. The number of fused-ring (bicyclic) bond motifs is 1. The fourth-order valence-corrected chi connectivity index (χ4v) is 2.31. The van der Waals surface area contributed by atoms with Crippen molar-refractivity contribution in [1.29, 1.82) is 0 Å². The first kappa shape index (κ1) is 9.19. The summed E-state index contributed by atoms with van der Waals surface area (Å²) < 4.78 is 5.50. The van der Waals surface area contributed by atoms with Crippen molar-refractivity contribution in [2.24, 2.45) is 0 Å². The average molecular weight is 204 g/mol. The summed E-state index contributed by atoms with van der Waals surface area (Å²) in [4.78, 5) is 0. The van der Waals surface area contributed by atoms with Gasteiger partial charge in [0, 0.05) is 32.1 Å². The van der Waals surface area contributed by atoms with Gasteiger partial charge in [0.1, 0.15) is 5.75 Å². The predicted molar refractivity (Wildman–Crippen MR) is 59.3 cm³/mol. The van der Waals surface area contributed by atoms with Gasteiger partial charge in [0.25, 0.3) is 0 Å². The molecule has 2 heterocycles. The van der Waals surface area contributed by atoms with Gasteiger partial charge in [-0.3, -0.25) is 0 Å². The van der Waals surface area contributed by atoms with Crippen LogP contribution in [-0.2, 0) is 6.42 Å². The van der Waals surface area contributed by atoms with Gasteiger partial charge in [0.15, 0.2) is 0 Å². The van der Waals surface area contributed by atoms with Crippen molar-refractivity contribution in [3.05, 3.63) is 29.3 Å². The van der Waals surface area contributed by atoms with Crippen LogP contribution in [0.1, 0.15) is 17.2 Å². The minimum atomic E-state index is 0.463. The Morgan fingerprint density at radius 1 is 1.27 bits per heavy atom. The number of hydrogen-bond donors (Lipinski definition) is 2. The molecule has 3 heteroatoms. The molecular weight excluding hydrogens is 188 g/mol. The van der Waals surface area contributed by atoms with E-state index in [1.807, 2.05) is 0 Å². The van der Waals surface area contributed by atoms with Gasteiger partial charge in [0.2, 0.25) is 0 Å². The minimum Gasteiger partial charge on any atom is -0.493 e. The lowest BCUT2D eigenvalue weighted by atomic mass is 10.0. The van der Waals surface area contributed by atoms with E-state index in [4.69, 9.17) is 4.74 Å². The number of hydrogen-bond acceptors (Lipinski definition) is 3. The van der Waals surface area contributed by atoms with E-state index in [0.29, 0.717) is 6.04 Å². The van der Waals surface area contributed by atoms with E-state index in [0.717, 1.165) is 38.4 Å². The Morgan fingerprint density at radius 3 is 3.13 bits per heavy atom. The van der Waals surface area contributed by atoms with Crippen molar-refractivity contribution in [2.75, 3.05) is 26.2 Å². The van der Waals surface area contributed by atoms with Crippen molar-refractivity contribution in [2.45, 2.75) is 12.5 Å². The zero-order chi connectivity index (χ0) is 10.1. The highest BCUT2D eigenvalue weighted by molar-refractivity contribution is 5.41. The highest BCUT2D eigenvalue weighted by Crippen LogP contribution is 2.28. The standard InChI is InChI=1S/C12H16N2O/c1-2-12-10(3-6-15-12)7-9(1)11-8-13-4-5-14-11/h1-2,7,11,13-14H,3-6,8H2/t11-/m0/s1. The molecule has 0 aliphatic carbocycles. The molecule has 1 aromatic rings. The minimum absolute atomic E-state index is 0.463. The van der Waals surface area contributed by atoms with Gasteiger partial charge in [-0.2, -0.15) is 0 Å². The maximum atomic E-state index is 5.50. The summed E-state index contributed by atoms with van der Waals surface area (Å²) in [5.74, 6) is 1.07. The van der Waals surface area contributed by atoms with Crippen molar-refractivity contribution in [1.82, 2.24) is 10.6 Å². The molecule has 2 aliphatic rings. The smallest absolute Gasteiger partial charge is 0.122 e. The van der Waals surface area contributed by atoms with E-state index in [-0.39, 0.29) is 0 Å². The van der Waals surface area contributed by atoms with E-state index in [1.165, 1.54) is 11.1 Å². The Kier molecular flexibility index (Phi) is 2.35. The first-order valence-electron chi connectivity index (χ1n) is 5.63. The molecule has 1 aromatic carbocycles. The third-order valence-electron chi connectivity index (χ3n) is 3.16. The number of nitrogens with one attached hydrogen (secondary N) is 2. The molecule has 1 fully saturated rings. The first-order chi connectivity index (χ1) is 7.43. The van der Waals surface area contributed by atoms with Crippen LogP contribution in [0, 0.1) is 0 Å². The van der Waals surface area contributed by atoms with E-state index < -0.39 is 0 Å². The van der Waals surface area contributed by atoms with Crippen LogP contribution in [0.25, 0.3) is 0 Å². The monoisotopic (exact) mass is 204 g/mol. The Morgan fingerprint density at radius 2 is 2.27 bits per heavy atom. The third-order valence-corrected chi connectivity index (χ3v) is 3.16. The predicted octanol–water partition coefficient (Wildman–Crippen LogP) is 0.855. The Labute approximate surface area is 89.8 Å². The topological polar surface area (TPSA) is 33.3 Å². The molecule has 1 saturated heterocycles. The number of benzene rings is 1. The van der Waals surface area contributed by atoms with Crippen LogP contribution in [0.15, 0.2) is 18.2 Å². The lowest BCUT2D eigenvalue weighted by Gasteiger charge is -2.25. The lowest BCUT2D eigenvalue weighted by molar-refractivity contribution is 0.356. The van der Waals surface area contributed by atoms with Crippen molar-refractivity contribution < 1.29 is 4.74 Å². The summed E-state index contributed by atoms with van der Waals surface area (Å²) in [6.45, 7) is 4.00. The van der Waals surface area contributed by atoms with E-state index in [2.05, 4.69) is 28.8 Å².